The van der Waals surface area contributed by atoms with E-state index in [0.717, 1.165) is 4.68 Å². The molecule has 156 valence electrons. The number of anilines is 1. The van der Waals surface area contributed by atoms with Crippen molar-refractivity contribution in [2.75, 3.05) is 5.32 Å². The highest BCUT2D eigenvalue weighted by Crippen LogP contribution is 2.13. The standard InChI is InChI=1S/C22H19N5O4/c1-26-13-11-23-20(26)19(29)14-6-8-15(9-7-14)24-18(28)10-12-27-22(31)17-5-3-2-4-16(17)21(30)25-27/h2-9,11,13H,10,12H2,1H3,(H,24,28)(H,25,30). The number of hydrogen-bond donors (Lipinski definition) is 2. The highest BCUT2D eigenvalue weighted by atomic mass is 16.2. The first-order chi connectivity index (χ1) is 14.9. The molecule has 31 heavy (non-hydrogen) atoms. The Balaban J connectivity index is 1.42. The zero-order valence-electron chi connectivity index (χ0n) is 16.7. The van der Waals surface area contributed by atoms with Gasteiger partial charge in [0.1, 0.15) is 0 Å². The summed E-state index contributed by atoms with van der Waals surface area (Å²) in [4.78, 5) is 53.4. The van der Waals surface area contributed by atoms with E-state index in [1.165, 1.54) is 0 Å². The smallest absolute Gasteiger partial charge is 0.273 e. The molecule has 0 spiro atoms. The second kappa shape index (κ2) is 8.23. The number of H-pyrrole nitrogens is 1. The minimum absolute atomic E-state index is 0.0118. The van der Waals surface area contributed by atoms with Crippen LogP contribution in [0.3, 0.4) is 0 Å². The number of rotatable bonds is 6. The molecule has 4 aromatic rings. The van der Waals surface area contributed by atoms with Crippen LogP contribution in [0, 0.1) is 0 Å². The normalized spacial score (nSPS) is 10.9. The van der Waals surface area contributed by atoms with Crippen molar-refractivity contribution in [1.29, 1.82) is 0 Å². The van der Waals surface area contributed by atoms with Gasteiger partial charge in [-0.1, -0.05) is 12.1 Å². The third kappa shape index (κ3) is 4.06. The Kier molecular flexibility index (Phi) is 5.31. The Bertz CT molecular complexity index is 1400. The van der Waals surface area contributed by atoms with Crippen LogP contribution in [0.25, 0.3) is 10.8 Å². The second-order valence-corrected chi connectivity index (χ2v) is 7.01. The Morgan fingerprint density at radius 3 is 2.42 bits per heavy atom. The van der Waals surface area contributed by atoms with Crippen molar-refractivity contribution in [3.63, 3.8) is 0 Å². The SMILES string of the molecule is Cn1ccnc1C(=O)c1ccc(NC(=O)CCn2[nH]c(=O)c3ccccc3c2=O)cc1. The minimum Gasteiger partial charge on any atom is -0.331 e. The van der Waals surface area contributed by atoms with Crippen molar-refractivity contribution in [3.8, 4) is 0 Å². The first-order valence-electron chi connectivity index (χ1n) is 9.58. The predicted octanol–water partition coefficient (Wildman–Crippen LogP) is 1.68. The molecular formula is C22H19N5O4. The second-order valence-electron chi connectivity index (χ2n) is 7.01. The number of carbonyl (C=O) groups is 2. The van der Waals surface area contributed by atoms with Gasteiger partial charge in [-0.25, -0.2) is 9.67 Å². The maximum Gasteiger partial charge on any atom is 0.273 e. The number of ketones is 1. The summed E-state index contributed by atoms with van der Waals surface area (Å²) in [7, 11) is 1.74. The number of nitrogens with zero attached hydrogens (tertiary/aromatic N) is 3. The topological polar surface area (TPSA) is 119 Å². The van der Waals surface area contributed by atoms with Gasteiger partial charge in [-0.05, 0) is 36.4 Å². The van der Waals surface area contributed by atoms with Gasteiger partial charge in [-0.15, -0.1) is 0 Å². The molecule has 9 heteroatoms. The Hall–Kier alpha value is -4.27. The number of aryl methyl sites for hydroxylation is 2. The molecule has 9 nitrogen and oxygen atoms in total. The molecule has 0 fully saturated rings. The first-order valence-corrected chi connectivity index (χ1v) is 9.58. The lowest BCUT2D eigenvalue weighted by Crippen LogP contribution is -2.31. The summed E-state index contributed by atoms with van der Waals surface area (Å²) >= 11 is 0. The van der Waals surface area contributed by atoms with E-state index in [9.17, 15) is 19.2 Å². The Labute approximate surface area is 176 Å². The first kappa shape index (κ1) is 20.0. The zero-order chi connectivity index (χ0) is 22.0. The molecule has 0 atom stereocenters. The van der Waals surface area contributed by atoms with Gasteiger partial charge < -0.3 is 9.88 Å². The van der Waals surface area contributed by atoms with Crippen LogP contribution in [-0.4, -0.2) is 31.0 Å². The number of fused-ring (bicyclic) bond motifs is 1. The summed E-state index contributed by atoms with van der Waals surface area (Å²) in [6.07, 6.45) is 3.23. The molecule has 0 aliphatic carbocycles. The summed E-state index contributed by atoms with van der Waals surface area (Å²) in [6, 6.07) is 13.0. The van der Waals surface area contributed by atoms with E-state index in [4.69, 9.17) is 0 Å². The third-order valence-corrected chi connectivity index (χ3v) is 4.90. The lowest BCUT2D eigenvalue weighted by atomic mass is 10.1. The number of benzene rings is 2. The van der Waals surface area contributed by atoms with Gasteiger partial charge in [0.15, 0.2) is 5.82 Å². The highest BCUT2D eigenvalue weighted by Gasteiger charge is 2.14. The van der Waals surface area contributed by atoms with Gasteiger partial charge in [-0.2, -0.15) is 0 Å². The molecule has 0 unspecified atom stereocenters. The van der Waals surface area contributed by atoms with Gasteiger partial charge in [-0.3, -0.25) is 24.3 Å². The average molecular weight is 417 g/mol. The van der Waals surface area contributed by atoms with E-state index in [1.54, 1.807) is 72.5 Å². The third-order valence-electron chi connectivity index (χ3n) is 4.90. The molecule has 1 amide bonds. The largest absolute Gasteiger partial charge is 0.331 e. The average Bonchev–Trinajstić information content (AvgIpc) is 3.21. The molecule has 0 bridgehead atoms. The van der Waals surface area contributed by atoms with E-state index < -0.39 is 0 Å². The predicted molar refractivity (Wildman–Crippen MR) is 115 cm³/mol. The lowest BCUT2D eigenvalue weighted by molar-refractivity contribution is -0.116. The summed E-state index contributed by atoms with van der Waals surface area (Å²) < 4.78 is 2.77. The molecule has 4 rings (SSSR count). The van der Waals surface area contributed by atoms with Gasteiger partial charge in [0.25, 0.3) is 11.1 Å². The van der Waals surface area contributed by atoms with E-state index in [1.807, 2.05) is 0 Å². The van der Waals surface area contributed by atoms with Crippen LogP contribution < -0.4 is 16.4 Å². The van der Waals surface area contributed by atoms with Gasteiger partial charge in [0.05, 0.1) is 17.3 Å². The quantitative estimate of drug-likeness (QED) is 0.463. The fourth-order valence-electron chi connectivity index (χ4n) is 3.26. The summed E-state index contributed by atoms with van der Waals surface area (Å²) in [5.74, 6) is -0.222. The summed E-state index contributed by atoms with van der Waals surface area (Å²) in [6.45, 7) is 0.0282. The van der Waals surface area contributed by atoms with Crippen LogP contribution in [0.15, 0.2) is 70.5 Å². The molecule has 0 saturated heterocycles. The molecule has 0 aliphatic rings. The van der Waals surface area contributed by atoms with E-state index in [0.29, 0.717) is 27.8 Å². The molecule has 0 radical (unpaired) electrons. The monoisotopic (exact) mass is 417 g/mol. The zero-order valence-corrected chi connectivity index (χ0v) is 16.7. The number of nitrogens with one attached hydrogen (secondary N) is 2. The maximum absolute atomic E-state index is 12.5. The van der Waals surface area contributed by atoms with Crippen LogP contribution in [0.1, 0.15) is 22.6 Å². The van der Waals surface area contributed by atoms with E-state index >= 15 is 0 Å². The van der Waals surface area contributed by atoms with Crippen LogP contribution in [0.5, 0.6) is 0 Å². The molecule has 2 N–H and O–H groups in total. The number of aromatic amines is 1. The molecule has 0 aliphatic heterocycles. The fourth-order valence-corrected chi connectivity index (χ4v) is 3.26. The molecule has 2 aromatic heterocycles. The van der Waals surface area contributed by atoms with Crippen molar-refractivity contribution in [2.45, 2.75) is 13.0 Å². The lowest BCUT2D eigenvalue weighted by Gasteiger charge is -2.09. The number of hydrogen-bond acceptors (Lipinski definition) is 5. The van der Waals surface area contributed by atoms with Crippen molar-refractivity contribution >= 4 is 28.2 Å². The molecular weight excluding hydrogens is 398 g/mol. The minimum atomic E-state index is -0.386. The summed E-state index contributed by atoms with van der Waals surface area (Å²) in [5.41, 5.74) is 0.219. The number of aromatic nitrogens is 4. The Morgan fingerprint density at radius 1 is 1.03 bits per heavy atom. The van der Waals surface area contributed by atoms with Gasteiger partial charge in [0.2, 0.25) is 11.7 Å². The van der Waals surface area contributed by atoms with Crippen LogP contribution in [-0.2, 0) is 18.4 Å². The van der Waals surface area contributed by atoms with E-state index in [-0.39, 0.29) is 35.8 Å². The van der Waals surface area contributed by atoms with Crippen LogP contribution in [0.4, 0.5) is 5.69 Å². The van der Waals surface area contributed by atoms with Gasteiger partial charge in [0, 0.05) is 37.1 Å². The number of imidazole rings is 1. The van der Waals surface area contributed by atoms with Crippen LogP contribution >= 0.6 is 0 Å². The fraction of sp³-hybridized carbons (Fsp3) is 0.136. The maximum atomic E-state index is 12.5. The van der Waals surface area contributed by atoms with E-state index in [2.05, 4.69) is 15.4 Å². The van der Waals surface area contributed by atoms with Crippen molar-refractivity contribution in [3.05, 3.63) is 93.0 Å². The molecule has 0 saturated carbocycles. The molecule has 2 heterocycles. The van der Waals surface area contributed by atoms with Crippen molar-refractivity contribution < 1.29 is 9.59 Å². The van der Waals surface area contributed by atoms with Gasteiger partial charge >= 0.3 is 0 Å². The summed E-state index contributed by atoms with van der Waals surface area (Å²) in [5, 5.41) is 5.83. The molecule has 2 aromatic carbocycles. The van der Waals surface area contributed by atoms with Crippen molar-refractivity contribution in [1.82, 2.24) is 19.3 Å². The number of carbonyl (C=O) groups excluding carboxylic acids is 2. The Morgan fingerprint density at radius 2 is 1.74 bits per heavy atom. The van der Waals surface area contributed by atoms with Crippen LogP contribution in [0.2, 0.25) is 0 Å². The van der Waals surface area contributed by atoms with Crippen molar-refractivity contribution in [2.24, 2.45) is 7.05 Å². The highest BCUT2D eigenvalue weighted by molar-refractivity contribution is 6.07. The number of amides is 1.